The third-order valence-electron chi connectivity index (χ3n) is 5.53. The first-order valence-electron chi connectivity index (χ1n) is 7.83. The van der Waals surface area contributed by atoms with Crippen molar-refractivity contribution in [2.24, 2.45) is 5.92 Å². The lowest BCUT2D eigenvalue weighted by molar-refractivity contribution is -0.123. The molecule has 4 rings (SSSR count). The zero-order valence-electron chi connectivity index (χ0n) is 12.4. The SMILES string of the molecule is CC12CCC(=O)CC1CCc1c(-c3ccccc3)n[nH]c12. The molecular formula is C18H20N2O. The number of nitrogens with zero attached hydrogens (tertiary/aromatic N) is 1. The number of benzene rings is 1. The van der Waals surface area contributed by atoms with Crippen LogP contribution in [-0.2, 0) is 16.6 Å². The number of nitrogens with one attached hydrogen (secondary N) is 1. The molecule has 0 radical (unpaired) electrons. The lowest BCUT2D eigenvalue weighted by atomic mass is 9.60. The third-order valence-corrected chi connectivity index (χ3v) is 5.53. The summed E-state index contributed by atoms with van der Waals surface area (Å²) in [6, 6.07) is 10.4. The normalized spacial score (nSPS) is 28.0. The van der Waals surface area contributed by atoms with Gasteiger partial charge in [-0.15, -0.1) is 0 Å². The predicted octanol–water partition coefficient (Wildman–Crippen LogP) is 3.65. The summed E-state index contributed by atoms with van der Waals surface area (Å²) in [6.07, 6.45) is 4.56. The van der Waals surface area contributed by atoms with Crippen LogP contribution in [0.1, 0.15) is 43.9 Å². The molecule has 2 aromatic rings. The number of carbonyl (C=O) groups excluding carboxylic acids is 1. The largest absolute Gasteiger partial charge is 0.300 e. The molecule has 1 heterocycles. The number of aromatic nitrogens is 2. The number of Topliss-reactive ketones (excluding diaryl/α,β-unsaturated/α-hetero) is 1. The second-order valence-corrected chi connectivity index (χ2v) is 6.69. The monoisotopic (exact) mass is 280 g/mol. The number of H-pyrrole nitrogens is 1. The van der Waals surface area contributed by atoms with Crippen LogP contribution < -0.4 is 0 Å². The minimum absolute atomic E-state index is 0.0987. The van der Waals surface area contributed by atoms with Crippen LogP contribution in [0.15, 0.2) is 30.3 Å². The Labute approximate surface area is 124 Å². The number of ketones is 1. The molecule has 1 N–H and O–H groups in total. The van der Waals surface area contributed by atoms with Crippen molar-refractivity contribution < 1.29 is 4.79 Å². The first-order valence-corrected chi connectivity index (χ1v) is 7.83. The lowest BCUT2D eigenvalue weighted by Crippen LogP contribution is -2.42. The van der Waals surface area contributed by atoms with E-state index in [0.717, 1.165) is 31.4 Å². The highest BCUT2D eigenvalue weighted by atomic mass is 16.1. The van der Waals surface area contributed by atoms with Gasteiger partial charge in [0.2, 0.25) is 0 Å². The second-order valence-electron chi connectivity index (χ2n) is 6.69. The Morgan fingerprint density at radius 1 is 1.24 bits per heavy atom. The smallest absolute Gasteiger partial charge is 0.133 e. The van der Waals surface area contributed by atoms with Gasteiger partial charge in [0.15, 0.2) is 0 Å². The Kier molecular flexibility index (Phi) is 2.78. The summed E-state index contributed by atoms with van der Waals surface area (Å²) in [5.41, 5.74) is 5.03. The molecule has 0 spiro atoms. The van der Waals surface area contributed by atoms with E-state index in [1.165, 1.54) is 16.8 Å². The summed E-state index contributed by atoms with van der Waals surface area (Å²) >= 11 is 0. The van der Waals surface area contributed by atoms with Crippen LogP contribution in [0.4, 0.5) is 0 Å². The lowest BCUT2D eigenvalue weighted by Gasteiger charge is -2.44. The van der Waals surface area contributed by atoms with Gasteiger partial charge in [-0.3, -0.25) is 9.89 Å². The second kappa shape index (κ2) is 4.55. The van der Waals surface area contributed by atoms with Gasteiger partial charge in [0.05, 0.1) is 5.69 Å². The van der Waals surface area contributed by atoms with E-state index >= 15 is 0 Å². The molecule has 3 heteroatoms. The molecule has 2 atom stereocenters. The van der Waals surface area contributed by atoms with Crippen molar-refractivity contribution in [3.63, 3.8) is 0 Å². The molecule has 0 amide bonds. The molecule has 108 valence electrons. The van der Waals surface area contributed by atoms with Gasteiger partial charge in [0.25, 0.3) is 0 Å². The van der Waals surface area contributed by atoms with Crippen LogP contribution in [0, 0.1) is 5.92 Å². The van der Waals surface area contributed by atoms with E-state index in [4.69, 9.17) is 0 Å². The summed E-state index contributed by atoms with van der Waals surface area (Å²) in [7, 11) is 0. The fraction of sp³-hybridized carbons (Fsp3) is 0.444. The quantitative estimate of drug-likeness (QED) is 0.866. The van der Waals surface area contributed by atoms with Gasteiger partial charge in [-0.05, 0) is 25.2 Å². The molecule has 1 aromatic heterocycles. The van der Waals surface area contributed by atoms with Crippen LogP contribution in [0.2, 0.25) is 0 Å². The number of rotatable bonds is 1. The number of carbonyl (C=O) groups is 1. The van der Waals surface area contributed by atoms with Crippen molar-refractivity contribution in [3.8, 4) is 11.3 Å². The maximum atomic E-state index is 11.8. The Morgan fingerprint density at radius 2 is 2.05 bits per heavy atom. The molecule has 2 unspecified atom stereocenters. The summed E-state index contributed by atoms with van der Waals surface area (Å²) in [4.78, 5) is 11.8. The van der Waals surface area contributed by atoms with Gasteiger partial charge in [-0.1, -0.05) is 37.3 Å². The average Bonchev–Trinajstić information content (AvgIpc) is 2.94. The van der Waals surface area contributed by atoms with Gasteiger partial charge in [0.1, 0.15) is 5.78 Å². The van der Waals surface area contributed by atoms with Crippen LogP contribution in [-0.4, -0.2) is 16.0 Å². The van der Waals surface area contributed by atoms with Crippen LogP contribution >= 0.6 is 0 Å². The fourth-order valence-electron chi connectivity index (χ4n) is 4.19. The zero-order valence-corrected chi connectivity index (χ0v) is 12.4. The summed E-state index contributed by atoms with van der Waals surface area (Å²) in [5, 5.41) is 7.93. The van der Waals surface area contributed by atoms with E-state index in [9.17, 15) is 4.79 Å². The third kappa shape index (κ3) is 1.87. The highest BCUT2D eigenvalue weighted by molar-refractivity contribution is 5.80. The Balaban J connectivity index is 1.80. The first-order chi connectivity index (χ1) is 10.2. The number of hydrogen-bond donors (Lipinski definition) is 1. The van der Waals surface area contributed by atoms with Crippen molar-refractivity contribution in [1.29, 1.82) is 0 Å². The van der Waals surface area contributed by atoms with Gasteiger partial charge >= 0.3 is 0 Å². The topological polar surface area (TPSA) is 45.8 Å². The highest BCUT2D eigenvalue weighted by Gasteiger charge is 2.46. The van der Waals surface area contributed by atoms with Crippen molar-refractivity contribution >= 4 is 5.78 Å². The van der Waals surface area contributed by atoms with Crippen LogP contribution in [0.5, 0.6) is 0 Å². The van der Waals surface area contributed by atoms with Gasteiger partial charge in [-0.2, -0.15) is 5.10 Å². The maximum absolute atomic E-state index is 11.8. The van der Waals surface area contributed by atoms with Gasteiger partial charge in [-0.25, -0.2) is 0 Å². The summed E-state index contributed by atoms with van der Waals surface area (Å²) in [5.74, 6) is 0.916. The molecule has 0 saturated heterocycles. The minimum Gasteiger partial charge on any atom is -0.300 e. The van der Waals surface area contributed by atoms with E-state index in [-0.39, 0.29) is 5.41 Å². The molecule has 0 bridgehead atoms. The number of aromatic amines is 1. The summed E-state index contributed by atoms with van der Waals surface area (Å²) < 4.78 is 0. The number of hydrogen-bond acceptors (Lipinski definition) is 2. The Hall–Kier alpha value is -1.90. The minimum atomic E-state index is 0.0987. The molecule has 1 fully saturated rings. The van der Waals surface area contributed by atoms with Gasteiger partial charge in [0, 0.05) is 35.1 Å². The number of fused-ring (bicyclic) bond motifs is 3. The Morgan fingerprint density at radius 3 is 2.86 bits per heavy atom. The molecule has 2 aliphatic rings. The molecule has 1 aromatic carbocycles. The van der Waals surface area contributed by atoms with E-state index in [0.29, 0.717) is 18.1 Å². The summed E-state index contributed by atoms with van der Waals surface area (Å²) in [6.45, 7) is 2.31. The molecule has 0 aliphatic heterocycles. The molecule has 2 aliphatic carbocycles. The standard InChI is InChI=1S/C18H20N2O/c1-18-10-9-14(21)11-13(18)7-8-15-16(19-20-17(15)18)12-5-3-2-4-6-12/h2-6,13H,7-11H2,1H3,(H,19,20). The van der Waals surface area contributed by atoms with Crippen molar-refractivity contribution in [2.45, 2.75) is 44.4 Å². The van der Waals surface area contributed by atoms with Crippen LogP contribution in [0.25, 0.3) is 11.3 Å². The van der Waals surface area contributed by atoms with E-state index in [1.807, 2.05) is 6.07 Å². The fourth-order valence-corrected chi connectivity index (χ4v) is 4.19. The maximum Gasteiger partial charge on any atom is 0.133 e. The Bertz CT molecular complexity index is 688. The van der Waals surface area contributed by atoms with E-state index in [1.54, 1.807) is 0 Å². The van der Waals surface area contributed by atoms with E-state index < -0.39 is 0 Å². The van der Waals surface area contributed by atoms with Crippen molar-refractivity contribution in [1.82, 2.24) is 10.2 Å². The highest BCUT2D eigenvalue weighted by Crippen LogP contribution is 2.49. The van der Waals surface area contributed by atoms with Crippen molar-refractivity contribution in [2.75, 3.05) is 0 Å². The van der Waals surface area contributed by atoms with Gasteiger partial charge < -0.3 is 0 Å². The van der Waals surface area contributed by atoms with E-state index in [2.05, 4.69) is 41.4 Å². The molecule has 21 heavy (non-hydrogen) atoms. The first kappa shape index (κ1) is 12.8. The predicted molar refractivity (Wildman–Crippen MR) is 82.0 cm³/mol. The van der Waals surface area contributed by atoms with Crippen molar-refractivity contribution in [3.05, 3.63) is 41.6 Å². The molecule has 1 saturated carbocycles. The molecule has 3 nitrogen and oxygen atoms in total. The van der Waals surface area contributed by atoms with Crippen LogP contribution in [0.3, 0.4) is 0 Å². The average molecular weight is 280 g/mol. The zero-order chi connectivity index (χ0) is 14.4. The molecular weight excluding hydrogens is 260 g/mol.